The van der Waals surface area contributed by atoms with Gasteiger partial charge in [-0.3, -0.25) is 0 Å². The van der Waals surface area contributed by atoms with E-state index in [2.05, 4.69) is 52.4 Å². The van der Waals surface area contributed by atoms with Crippen molar-refractivity contribution in [3.8, 4) is 0 Å². The zero-order valence-corrected chi connectivity index (χ0v) is 13.9. The second-order valence-corrected chi connectivity index (χ2v) is 6.59. The molecule has 0 saturated heterocycles. The van der Waals surface area contributed by atoms with Crippen LogP contribution in [0.4, 0.5) is 4.79 Å². The first-order valence-electron chi connectivity index (χ1n) is 7.78. The lowest BCUT2D eigenvalue weighted by Crippen LogP contribution is -2.37. The lowest BCUT2D eigenvalue weighted by atomic mass is 10.0. The van der Waals surface area contributed by atoms with Gasteiger partial charge in [-0.1, -0.05) is 42.5 Å². The summed E-state index contributed by atoms with van der Waals surface area (Å²) < 4.78 is 0. The monoisotopic (exact) mass is 324 g/mol. The number of amides is 2. The van der Waals surface area contributed by atoms with Gasteiger partial charge in [-0.2, -0.15) is 0 Å². The summed E-state index contributed by atoms with van der Waals surface area (Å²) in [6, 6.07) is 18.5. The molecule has 0 aliphatic carbocycles. The molecular formula is C19H20N2OS. The van der Waals surface area contributed by atoms with E-state index in [4.69, 9.17) is 0 Å². The Hall–Kier alpha value is -2.33. The molecule has 0 spiro atoms. The van der Waals surface area contributed by atoms with E-state index in [1.807, 2.05) is 25.1 Å². The van der Waals surface area contributed by atoms with Crippen LogP contribution < -0.4 is 10.6 Å². The average Bonchev–Trinajstić information content (AvgIpc) is 3.07. The molecule has 118 valence electrons. The first kappa shape index (κ1) is 15.6. The second-order valence-electron chi connectivity index (χ2n) is 5.56. The number of fused-ring (bicyclic) bond motifs is 1. The summed E-state index contributed by atoms with van der Waals surface area (Å²) >= 11 is 1.71. The van der Waals surface area contributed by atoms with Crippen molar-refractivity contribution in [3.63, 3.8) is 0 Å². The third-order valence-electron chi connectivity index (χ3n) is 3.86. The number of hydrogen-bond donors (Lipinski definition) is 2. The molecule has 3 nitrogen and oxygen atoms in total. The number of hydrogen-bond acceptors (Lipinski definition) is 2. The molecule has 2 N–H and O–H groups in total. The van der Waals surface area contributed by atoms with Crippen molar-refractivity contribution in [3.05, 3.63) is 70.4 Å². The van der Waals surface area contributed by atoms with Crippen LogP contribution in [0.1, 0.15) is 23.4 Å². The molecule has 1 atom stereocenters. The number of carbonyl (C=O) groups excluding carboxylic acids is 1. The normalized spacial score (nSPS) is 12.0. The lowest BCUT2D eigenvalue weighted by Gasteiger charge is -2.15. The van der Waals surface area contributed by atoms with Crippen molar-refractivity contribution in [2.75, 3.05) is 6.54 Å². The van der Waals surface area contributed by atoms with Crippen LogP contribution in [0.5, 0.6) is 0 Å². The molecule has 3 rings (SSSR count). The Morgan fingerprint density at radius 3 is 2.70 bits per heavy atom. The Morgan fingerprint density at radius 2 is 1.91 bits per heavy atom. The lowest BCUT2D eigenvalue weighted by molar-refractivity contribution is 0.238. The van der Waals surface area contributed by atoms with Crippen LogP contribution in [-0.2, 0) is 6.42 Å². The summed E-state index contributed by atoms with van der Waals surface area (Å²) in [7, 11) is 0. The fourth-order valence-corrected chi connectivity index (χ4v) is 3.27. The summed E-state index contributed by atoms with van der Waals surface area (Å²) in [6.45, 7) is 2.65. The molecule has 0 fully saturated rings. The van der Waals surface area contributed by atoms with Gasteiger partial charge in [0.15, 0.2) is 0 Å². The topological polar surface area (TPSA) is 41.1 Å². The van der Waals surface area contributed by atoms with Gasteiger partial charge in [-0.15, -0.1) is 11.3 Å². The van der Waals surface area contributed by atoms with Crippen LogP contribution >= 0.6 is 11.3 Å². The summed E-state index contributed by atoms with van der Waals surface area (Å²) in [5.74, 6) is 0. The van der Waals surface area contributed by atoms with Gasteiger partial charge in [0.25, 0.3) is 0 Å². The minimum absolute atomic E-state index is 0.0265. The molecule has 1 heterocycles. The highest BCUT2D eigenvalue weighted by Crippen LogP contribution is 2.20. The van der Waals surface area contributed by atoms with Crippen LogP contribution in [0.3, 0.4) is 0 Å². The van der Waals surface area contributed by atoms with Crippen molar-refractivity contribution in [2.24, 2.45) is 0 Å². The van der Waals surface area contributed by atoms with Crippen LogP contribution in [0, 0.1) is 0 Å². The molecule has 0 aliphatic rings. The number of carbonyl (C=O) groups is 1. The molecule has 0 aliphatic heterocycles. The summed E-state index contributed by atoms with van der Waals surface area (Å²) in [5.41, 5.74) is 1.11. The number of thiophene rings is 1. The minimum Gasteiger partial charge on any atom is -0.338 e. The smallest absolute Gasteiger partial charge is 0.315 e. The van der Waals surface area contributed by atoms with Gasteiger partial charge in [-0.05, 0) is 47.2 Å². The molecule has 0 bridgehead atoms. The number of rotatable bonds is 5. The van der Waals surface area contributed by atoms with Crippen LogP contribution in [0.25, 0.3) is 10.8 Å². The van der Waals surface area contributed by atoms with Crippen molar-refractivity contribution in [1.82, 2.24) is 10.6 Å². The zero-order chi connectivity index (χ0) is 16.1. The molecule has 0 radical (unpaired) electrons. The van der Waals surface area contributed by atoms with E-state index in [1.54, 1.807) is 11.3 Å². The van der Waals surface area contributed by atoms with E-state index in [0.717, 1.165) is 12.0 Å². The van der Waals surface area contributed by atoms with Gasteiger partial charge in [0, 0.05) is 11.4 Å². The van der Waals surface area contributed by atoms with Gasteiger partial charge in [0.1, 0.15) is 0 Å². The minimum atomic E-state index is -0.123. The highest BCUT2D eigenvalue weighted by atomic mass is 32.1. The van der Waals surface area contributed by atoms with Crippen molar-refractivity contribution in [1.29, 1.82) is 0 Å². The molecule has 2 aromatic carbocycles. The Labute approximate surface area is 140 Å². The average molecular weight is 324 g/mol. The van der Waals surface area contributed by atoms with Gasteiger partial charge in [-0.25, -0.2) is 4.79 Å². The first-order chi connectivity index (χ1) is 11.2. The maximum Gasteiger partial charge on any atom is 0.315 e. The first-order valence-corrected chi connectivity index (χ1v) is 8.66. The Kier molecular flexibility index (Phi) is 4.93. The van der Waals surface area contributed by atoms with Gasteiger partial charge in [0.05, 0.1) is 6.04 Å². The van der Waals surface area contributed by atoms with Crippen molar-refractivity contribution in [2.45, 2.75) is 19.4 Å². The van der Waals surface area contributed by atoms with Gasteiger partial charge >= 0.3 is 6.03 Å². The van der Waals surface area contributed by atoms with E-state index in [-0.39, 0.29) is 12.1 Å². The maximum atomic E-state index is 12.0. The Balaban J connectivity index is 1.54. The zero-order valence-electron chi connectivity index (χ0n) is 13.1. The standard InChI is InChI=1S/C19H20N2OS/c1-14(16-9-8-15-5-2-3-6-17(15)13-16)21-19(22)20-11-10-18-7-4-12-23-18/h2-9,12-14H,10-11H2,1H3,(H2,20,21,22). The predicted molar refractivity (Wildman–Crippen MR) is 96.9 cm³/mol. The third-order valence-corrected chi connectivity index (χ3v) is 4.79. The molecular weight excluding hydrogens is 304 g/mol. The van der Waals surface area contributed by atoms with E-state index >= 15 is 0 Å². The van der Waals surface area contributed by atoms with Crippen LogP contribution in [-0.4, -0.2) is 12.6 Å². The van der Waals surface area contributed by atoms with Crippen molar-refractivity contribution >= 4 is 28.1 Å². The molecule has 1 aromatic heterocycles. The molecule has 4 heteroatoms. The van der Waals surface area contributed by atoms with Gasteiger partial charge < -0.3 is 10.6 Å². The van der Waals surface area contributed by atoms with E-state index < -0.39 is 0 Å². The molecule has 0 saturated carbocycles. The maximum absolute atomic E-state index is 12.0. The van der Waals surface area contributed by atoms with E-state index in [0.29, 0.717) is 6.54 Å². The highest BCUT2D eigenvalue weighted by molar-refractivity contribution is 7.09. The molecule has 23 heavy (non-hydrogen) atoms. The van der Waals surface area contributed by atoms with Crippen LogP contribution in [0.2, 0.25) is 0 Å². The summed E-state index contributed by atoms with van der Waals surface area (Å²) in [6.07, 6.45) is 0.870. The fourth-order valence-electron chi connectivity index (χ4n) is 2.56. The molecule has 3 aromatic rings. The highest BCUT2D eigenvalue weighted by Gasteiger charge is 2.09. The van der Waals surface area contributed by atoms with Crippen molar-refractivity contribution < 1.29 is 4.79 Å². The SMILES string of the molecule is CC(NC(=O)NCCc1cccs1)c1ccc2ccccc2c1. The molecule has 1 unspecified atom stereocenters. The number of benzene rings is 2. The Morgan fingerprint density at radius 1 is 1.09 bits per heavy atom. The fraction of sp³-hybridized carbons (Fsp3) is 0.211. The Bertz CT molecular complexity index is 783. The van der Waals surface area contributed by atoms with Crippen LogP contribution in [0.15, 0.2) is 60.0 Å². The van der Waals surface area contributed by atoms with E-state index in [9.17, 15) is 4.79 Å². The second kappa shape index (κ2) is 7.29. The number of nitrogens with one attached hydrogen (secondary N) is 2. The largest absolute Gasteiger partial charge is 0.338 e. The number of urea groups is 1. The quantitative estimate of drug-likeness (QED) is 0.712. The summed E-state index contributed by atoms with van der Waals surface area (Å²) in [4.78, 5) is 13.3. The molecule has 2 amide bonds. The van der Waals surface area contributed by atoms with E-state index in [1.165, 1.54) is 15.6 Å². The predicted octanol–water partition coefficient (Wildman–Crippen LogP) is 4.50. The third kappa shape index (κ3) is 4.11. The summed E-state index contributed by atoms with van der Waals surface area (Å²) in [5, 5.41) is 10.4. The van der Waals surface area contributed by atoms with Gasteiger partial charge in [0.2, 0.25) is 0 Å².